The molecule has 16 heavy (non-hydrogen) atoms. The number of hydrogen-bond donors (Lipinski definition) is 0. The monoisotopic (exact) mass is 241 g/mol. The highest BCUT2D eigenvalue weighted by Crippen LogP contribution is 2.22. The lowest BCUT2D eigenvalue weighted by atomic mass is 10.3. The van der Waals surface area contributed by atoms with E-state index < -0.39 is 15.9 Å². The Balaban J connectivity index is 2.40. The van der Waals surface area contributed by atoms with Gasteiger partial charge in [0, 0.05) is 11.9 Å². The molecule has 1 aromatic rings. The Morgan fingerprint density at radius 2 is 2.12 bits per heavy atom. The van der Waals surface area contributed by atoms with E-state index in [1.807, 2.05) is 0 Å². The summed E-state index contributed by atoms with van der Waals surface area (Å²) in [5.74, 6) is 0. The Morgan fingerprint density at radius 1 is 1.38 bits per heavy atom. The topological polar surface area (TPSA) is 63.7 Å². The molecule has 0 unspecified atom stereocenters. The van der Waals surface area contributed by atoms with Crippen molar-refractivity contribution >= 4 is 21.6 Å². The molecule has 0 atom stereocenters. The van der Waals surface area contributed by atoms with E-state index in [1.165, 1.54) is 17.0 Å². The second kappa shape index (κ2) is 3.79. The van der Waals surface area contributed by atoms with Crippen LogP contribution in [0.15, 0.2) is 29.2 Å². The number of rotatable bonds is 2. The molecule has 1 heterocycles. The average Bonchev–Trinajstić information content (AvgIpc) is 2.63. The zero-order chi connectivity index (χ0) is 11.8. The second-order valence-electron chi connectivity index (χ2n) is 3.54. The smallest absolute Gasteiger partial charge is 0.414 e. The van der Waals surface area contributed by atoms with Crippen molar-refractivity contribution in [3.05, 3.63) is 24.3 Å². The zero-order valence-corrected chi connectivity index (χ0v) is 9.53. The van der Waals surface area contributed by atoms with Crippen LogP contribution in [0.1, 0.15) is 0 Å². The molecular weight excluding hydrogens is 230 g/mol. The summed E-state index contributed by atoms with van der Waals surface area (Å²) in [6.45, 7) is 0.786. The Bertz CT molecular complexity index is 523. The number of amides is 1. The molecular formula is C10H11NO4S. The van der Waals surface area contributed by atoms with Crippen LogP contribution in [0.25, 0.3) is 0 Å². The van der Waals surface area contributed by atoms with E-state index in [9.17, 15) is 13.2 Å². The first kappa shape index (κ1) is 10.9. The molecule has 6 heteroatoms. The summed E-state index contributed by atoms with van der Waals surface area (Å²) in [6, 6.07) is 6.26. The van der Waals surface area contributed by atoms with Crippen LogP contribution < -0.4 is 4.90 Å². The van der Waals surface area contributed by atoms with Gasteiger partial charge in [0.1, 0.15) is 6.61 Å². The maximum atomic E-state index is 11.3. The first-order chi connectivity index (χ1) is 7.48. The SMILES string of the molecule is CS(=O)(=O)c1cccc(N2CCOC2=O)c1. The van der Waals surface area contributed by atoms with Crippen LogP contribution in [0, 0.1) is 0 Å². The first-order valence-electron chi connectivity index (χ1n) is 4.73. The fourth-order valence-electron chi connectivity index (χ4n) is 1.51. The molecule has 5 nitrogen and oxygen atoms in total. The summed E-state index contributed by atoms with van der Waals surface area (Å²) in [5.41, 5.74) is 0.547. The van der Waals surface area contributed by atoms with Gasteiger partial charge in [0.05, 0.1) is 11.4 Å². The number of anilines is 1. The lowest BCUT2D eigenvalue weighted by Crippen LogP contribution is -2.23. The number of benzene rings is 1. The van der Waals surface area contributed by atoms with Gasteiger partial charge in [0.2, 0.25) is 0 Å². The zero-order valence-electron chi connectivity index (χ0n) is 8.71. The van der Waals surface area contributed by atoms with Crippen molar-refractivity contribution in [1.29, 1.82) is 0 Å². The van der Waals surface area contributed by atoms with Crippen LogP contribution in [0.4, 0.5) is 10.5 Å². The predicted molar refractivity (Wildman–Crippen MR) is 58.2 cm³/mol. The minimum absolute atomic E-state index is 0.199. The Labute approximate surface area is 93.5 Å². The molecule has 0 aromatic heterocycles. The number of sulfone groups is 1. The van der Waals surface area contributed by atoms with Crippen molar-refractivity contribution < 1.29 is 17.9 Å². The van der Waals surface area contributed by atoms with Gasteiger partial charge in [-0.15, -0.1) is 0 Å². The number of carbonyl (C=O) groups is 1. The van der Waals surface area contributed by atoms with Gasteiger partial charge < -0.3 is 4.74 Å². The summed E-state index contributed by atoms with van der Waals surface area (Å²) in [7, 11) is -3.25. The molecule has 2 rings (SSSR count). The molecule has 0 bridgehead atoms. The van der Waals surface area contributed by atoms with E-state index in [4.69, 9.17) is 4.74 Å². The number of cyclic esters (lactones) is 1. The molecule has 0 N–H and O–H groups in total. The Kier molecular flexibility index (Phi) is 2.59. The van der Waals surface area contributed by atoms with Gasteiger partial charge in [-0.05, 0) is 18.2 Å². The van der Waals surface area contributed by atoms with Crippen LogP contribution in [0.5, 0.6) is 0 Å². The molecule has 0 spiro atoms. The highest BCUT2D eigenvalue weighted by atomic mass is 32.2. The van der Waals surface area contributed by atoms with E-state index in [0.717, 1.165) is 6.26 Å². The summed E-state index contributed by atoms with van der Waals surface area (Å²) >= 11 is 0. The average molecular weight is 241 g/mol. The van der Waals surface area contributed by atoms with Crippen LogP contribution in [-0.2, 0) is 14.6 Å². The maximum Gasteiger partial charge on any atom is 0.414 e. The number of ether oxygens (including phenoxy) is 1. The molecule has 1 fully saturated rings. The first-order valence-corrected chi connectivity index (χ1v) is 6.62. The van der Waals surface area contributed by atoms with Crippen molar-refractivity contribution in [3.63, 3.8) is 0 Å². The van der Waals surface area contributed by atoms with Crippen molar-refractivity contribution in [2.24, 2.45) is 0 Å². The fraction of sp³-hybridized carbons (Fsp3) is 0.300. The van der Waals surface area contributed by atoms with Gasteiger partial charge in [-0.3, -0.25) is 4.90 Å². The third kappa shape index (κ3) is 2.01. The van der Waals surface area contributed by atoms with Crippen molar-refractivity contribution in [1.82, 2.24) is 0 Å². The lowest BCUT2D eigenvalue weighted by Gasteiger charge is -2.13. The van der Waals surface area contributed by atoms with Crippen LogP contribution in [0.3, 0.4) is 0 Å². The van der Waals surface area contributed by atoms with Crippen LogP contribution >= 0.6 is 0 Å². The molecule has 0 aliphatic carbocycles. The third-order valence-electron chi connectivity index (χ3n) is 2.32. The number of carbonyl (C=O) groups excluding carboxylic acids is 1. The molecule has 1 saturated heterocycles. The lowest BCUT2D eigenvalue weighted by molar-refractivity contribution is 0.181. The predicted octanol–water partition coefficient (Wildman–Crippen LogP) is 1.05. The molecule has 1 aliphatic heterocycles. The van der Waals surface area contributed by atoms with E-state index in [0.29, 0.717) is 18.8 Å². The molecule has 86 valence electrons. The highest BCUT2D eigenvalue weighted by molar-refractivity contribution is 7.90. The molecule has 0 radical (unpaired) electrons. The van der Waals surface area contributed by atoms with Crippen molar-refractivity contribution in [3.8, 4) is 0 Å². The van der Waals surface area contributed by atoms with Gasteiger partial charge in [-0.1, -0.05) is 6.07 Å². The van der Waals surface area contributed by atoms with Gasteiger partial charge >= 0.3 is 6.09 Å². The molecule has 1 amide bonds. The molecule has 0 saturated carbocycles. The molecule has 1 aromatic carbocycles. The Hall–Kier alpha value is -1.56. The minimum atomic E-state index is -3.25. The number of hydrogen-bond acceptors (Lipinski definition) is 4. The highest BCUT2D eigenvalue weighted by Gasteiger charge is 2.24. The van der Waals surface area contributed by atoms with Crippen molar-refractivity contribution in [2.45, 2.75) is 4.90 Å². The second-order valence-corrected chi connectivity index (χ2v) is 5.55. The summed E-state index contributed by atoms with van der Waals surface area (Å²) in [6.07, 6.45) is 0.694. The van der Waals surface area contributed by atoms with Crippen molar-refractivity contribution in [2.75, 3.05) is 24.3 Å². The summed E-state index contributed by atoms with van der Waals surface area (Å²) in [4.78, 5) is 12.9. The minimum Gasteiger partial charge on any atom is -0.447 e. The largest absolute Gasteiger partial charge is 0.447 e. The van der Waals surface area contributed by atoms with Gasteiger partial charge in [0.15, 0.2) is 9.84 Å². The van der Waals surface area contributed by atoms with E-state index in [-0.39, 0.29) is 4.90 Å². The van der Waals surface area contributed by atoms with Gasteiger partial charge in [-0.25, -0.2) is 13.2 Å². The van der Waals surface area contributed by atoms with Crippen LogP contribution in [0.2, 0.25) is 0 Å². The normalized spacial score (nSPS) is 16.3. The van der Waals surface area contributed by atoms with Gasteiger partial charge in [0.25, 0.3) is 0 Å². The standard InChI is InChI=1S/C10H11NO4S/c1-16(13,14)9-4-2-3-8(7-9)11-5-6-15-10(11)12/h2-4,7H,5-6H2,1H3. The summed E-state index contributed by atoms with van der Waals surface area (Å²) in [5, 5.41) is 0. The molecule has 1 aliphatic rings. The third-order valence-corrected chi connectivity index (χ3v) is 3.43. The number of nitrogens with zero attached hydrogens (tertiary/aromatic N) is 1. The quantitative estimate of drug-likeness (QED) is 0.776. The summed E-state index contributed by atoms with van der Waals surface area (Å²) < 4.78 is 27.5. The fourth-order valence-corrected chi connectivity index (χ4v) is 2.17. The van der Waals surface area contributed by atoms with E-state index >= 15 is 0 Å². The van der Waals surface area contributed by atoms with E-state index in [1.54, 1.807) is 12.1 Å². The van der Waals surface area contributed by atoms with Gasteiger partial charge in [-0.2, -0.15) is 0 Å². The Morgan fingerprint density at radius 3 is 2.69 bits per heavy atom. The van der Waals surface area contributed by atoms with E-state index in [2.05, 4.69) is 0 Å². The maximum absolute atomic E-state index is 11.3. The van der Waals surface area contributed by atoms with Crippen LogP contribution in [-0.4, -0.2) is 33.9 Å².